The smallest absolute Gasteiger partial charge is 0.314 e. The van der Waals surface area contributed by atoms with Crippen LogP contribution in [0.15, 0.2) is 22.9 Å². The van der Waals surface area contributed by atoms with Gasteiger partial charge in [-0.2, -0.15) is 10.1 Å². The first-order chi connectivity index (χ1) is 5.36. The molecule has 0 spiro atoms. The minimum absolute atomic E-state index is 0.217. The zero-order valence-corrected chi connectivity index (χ0v) is 6.31. The van der Waals surface area contributed by atoms with E-state index in [4.69, 9.17) is 4.52 Å². The number of hydrogen-bond acceptors (Lipinski definition) is 3. The number of aromatic nitrogens is 3. The van der Waals surface area contributed by atoms with E-state index in [0.29, 0.717) is 5.82 Å². The molecule has 0 amide bonds. The summed E-state index contributed by atoms with van der Waals surface area (Å²) in [4.78, 5) is 7.10. The van der Waals surface area contributed by atoms with E-state index in [2.05, 4.69) is 27.3 Å². The molecule has 0 aliphatic heterocycles. The normalized spacial score (nSPS) is 10.2. The third-order valence-electron chi connectivity index (χ3n) is 1.29. The molecule has 0 aliphatic carbocycles. The molecule has 0 atom stereocenters. The highest BCUT2D eigenvalue weighted by Crippen LogP contribution is 2.10. The lowest BCUT2D eigenvalue weighted by atomic mass is 10.4. The highest BCUT2D eigenvalue weighted by Gasteiger charge is 2.00. The Balaban J connectivity index is 2.53. The van der Waals surface area contributed by atoms with Crippen LogP contribution >= 0.6 is 12.2 Å². The highest BCUT2D eigenvalue weighted by atomic mass is 32.1. The number of nitrogens with one attached hydrogen (secondary N) is 2. The molecule has 11 heavy (non-hydrogen) atoms. The third-order valence-corrected chi connectivity index (χ3v) is 1.47. The Morgan fingerprint density at radius 1 is 1.55 bits per heavy atom. The Morgan fingerprint density at radius 2 is 2.45 bits per heavy atom. The molecular formula is C6H5N3OS. The van der Waals surface area contributed by atoms with E-state index in [1.54, 1.807) is 6.20 Å². The Bertz CT molecular complexity index is 386. The average Bonchev–Trinajstić information content (AvgIpc) is 2.55. The number of H-pyrrole nitrogens is 2. The van der Waals surface area contributed by atoms with Crippen molar-refractivity contribution in [1.82, 2.24) is 15.1 Å². The largest absolute Gasteiger partial charge is 0.359 e. The van der Waals surface area contributed by atoms with Crippen molar-refractivity contribution in [3.8, 4) is 11.5 Å². The van der Waals surface area contributed by atoms with Gasteiger partial charge in [-0.3, -0.25) is 0 Å². The Hall–Kier alpha value is -1.36. The summed E-state index contributed by atoms with van der Waals surface area (Å²) in [6.45, 7) is 0. The van der Waals surface area contributed by atoms with Gasteiger partial charge in [-0.15, -0.1) is 0 Å². The van der Waals surface area contributed by atoms with Gasteiger partial charge in [0.1, 0.15) is 0 Å². The van der Waals surface area contributed by atoms with Crippen LogP contribution in [0, 0.1) is 4.84 Å². The van der Waals surface area contributed by atoms with Crippen molar-refractivity contribution in [2.45, 2.75) is 0 Å². The van der Waals surface area contributed by atoms with Crippen molar-refractivity contribution in [2.24, 2.45) is 0 Å². The fourth-order valence-electron chi connectivity index (χ4n) is 0.822. The van der Waals surface area contributed by atoms with Gasteiger partial charge in [0, 0.05) is 6.20 Å². The van der Waals surface area contributed by atoms with Gasteiger partial charge in [-0.1, -0.05) is 0 Å². The Kier molecular flexibility index (Phi) is 1.36. The zero-order valence-electron chi connectivity index (χ0n) is 5.50. The predicted molar refractivity (Wildman–Crippen MR) is 41.5 cm³/mol. The number of hydrogen-bond donors (Lipinski definition) is 2. The molecule has 5 heteroatoms. The van der Waals surface area contributed by atoms with Gasteiger partial charge in [0.15, 0.2) is 5.82 Å². The maximum Gasteiger partial charge on any atom is 0.314 e. The summed E-state index contributed by atoms with van der Waals surface area (Å²) in [5.41, 5.74) is 0.866. The fourth-order valence-corrected chi connectivity index (χ4v) is 0.955. The zero-order chi connectivity index (χ0) is 7.68. The van der Waals surface area contributed by atoms with Crippen molar-refractivity contribution >= 4 is 12.2 Å². The maximum absolute atomic E-state index is 4.75. The first-order valence-electron chi connectivity index (χ1n) is 3.05. The molecule has 0 radical (unpaired) electrons. The lowest BCUT2D eigenvalue weighted by molar-refractivity contribution is 0.406. The SMILES string of the molecule is S=c1nc(-c2ccc[nH]2)[nH]o1. The molecule has 2 rings (SSSR count). The van der Waals surface area contributed by atoms with Crippen LogP contribution in [0.5, 0.6) is 0 Å². The first kappa shape index (κ1) is 6.36. The molecule has 2 aromatic heterocycles. The molecule has 0 aromatic carbocycles. The topological polar surface area (TPSA) is 57.6 Å². The van der Waals surface area contributed by atoms with Crippen LogP contribution in [0.2, 0.25) is 0 Å². The summed E-state index contributed by atoms with van der Waals surface area (Å²) < 4.78 is 4.75. The van der Waals surface area contributed by atoms with Crippen LogP contribution in [0.25, 0.3) is 11.5 Å². The summed E-state index contributed by atoms with van der Waals surface area (Å²) in [6, 6.07) is 3.75. The van der Waals surface area contributed by atoms with E-state index >= 15 is 0 Å². The molecule has 0 fully saturated rings. The molecule has 0 saturated carbocycles. The Labute approximate surface area is 67.2 Å². The van der Waals surface area contributed by atoms with Gasteiger partial charge < -0.3 is 9.51 Å². The molecule has 0 unspecified atom stereocenters. The maximum atomic E-state index is 4.75. The standard InChI is InChI=1S/C6H5N3OS/c11-6-8-5(9-10-6)4-2-1-3-7-4/h1-3,7H,(H,8,9,11). The lowest BCUT2D eigenvalue weighted by Crippen LogP contribution is -1.77. The fraction of sp³-hybridized carbons (Fsp3) is 0. The molecule has 0 aliphatic rings. The summed E-state index contributed by atoms with van der Waals surface area (Å²) in [5, 5.41) is 2.59. The third kappa shape index (κ3) is 1.10. The van der Waals surface area contributed by atoms with E-state index < -0.39 is 0 Å². The summed E-state index contributed by atoms with van der Waals surface area (Å²) >= 11 is 4.68. The molecular weight excluding hydrogens is 162 g/mol. The van der Waals surface area contributed by atoms with Gasteiger partial charge in [-0.25, -0.2) is 0 Å². The predicted octanol–water partition coefficient (Wildman–Crippen LogP) is 1.73. The average molecular weight is 167 g/mol. The molecule has 2 aromatic rings. The minimum atomic E-state index is 0.217. The second-order valence-corrected chi connectivity index (χ2v) is 2.36. The minimum Gasteiger partial charge on any atom is -0.359 e. The van der Waals surface area contributed by atoms with Crippen molar-refractivity contribution in [3.05, 3.63) is 23.2 Å². The second-order valence-electron chi connectivity index (χ2n) is 2.01. The van der Waals surface area contributed by atoms with E-state index in [1.807, 2.05) is 12.1 Å². The molecule has 56 valence electrons. The van der Waals surface area contributed by atoms with Crippen LogP contribution < -0.4 is 0 Å². The summed E-state index contributed by atoms with van der Waals surface area (Å²) in [7, 11) is 0. The van der Waals surface area contributed by atoms with Crippen LogP contribution in [-0.4, -0.2) is 15.1 Å². The van der Waals surface area contributed by atoms with Gasteiger partial charge in [0.05, 0.1) is 5.69 Å². The molecule has 2 heterocycles. The Morgan fingerprint density at radius 3 is 3.00 bits per heavy atom. The number of nitrogens with zero attached hydrogens (tertiary/aromatic N) is 1. The summed E-state index contributed by atoms with van der Waals surface area (Å²) in [6.07, 6.45) is 1.81. The first-order valence-corrected chi connectivity index (χ1v) is 3.46. The molecule has 0 saturated heterocycles. The highest BCUT2D eigenvalue weighted by molar-refractivity contribution is 7.71. The van der Waals surface area contributed by atoms with Crippen molar-refractivity contribution in [2.75, 3.05) is 0 Å². The van der Waals surface area contributed by atoms with E-state index in [1.165, 1.54) is 0 Å². The monoisotopic (exact) mass is 167 g/mol. The lowest BCUT2D eigenvalue weighted by Gasteiger charge is -1.84. The van der Waals surface area contributed by atoms with Crippen molar-refractivity contribution in [3.63, 3.8) is 0 Å². The van der Waals surface area contributed by atoms with E-state index in [0.717, 1.165) is 5.69 Å². The van der Waals surface area contributed by atoms with Crippen LogP contribution in [-0.2, 0) is 0 Å². The molecule has 4 nitrogen and oxygen atoms in total. The quantitative estimate of drug-likeness (QED) is 0.636. The van der Waals surface area contributed by atoms with Crippen LogP contribution in [0.1, 0.15) is 0 Å². The van der Waals surface area contributed by atoms with Crippen LogP contribution in [0.4, 0.5) is 0 Å². The van der Waals surface area contributed by atoms with Crippen LogP contribution in [0.3, 0.4) is 0 Å². The molecule has 2 N–H and O–H groups in total. The number of aromatic amines is 2. The second kappa shape index (κ2) is 2.35. The van der Waals surface area contributed by atoms with Gasteiger partial charge >= 0.3 is 4.84 Å². The number of rotatable bonds is 1. The van der Waals surface area contributed by atoms with Gasteiger partial charge in [0.2, 0.25) is 0 Å². The molecule has 0 bridgehead atoms. The van der Waals surface area contributed by atoms with Gasteiger partial charge in [-0.05, 0) is 24.4 Å². The van der Waals surface area contributed by atoms with Crippen molar-refractivity contribution < 1.29 is 4.52 Å². The van der Waals surface area contributed by atoms with E-state index in [-0.39, 0.29) is 4.84 Å². The van der Waals surface area contributed by atoms with E-state index in [9.17, 15) is 0 Å². The summed E-state index contributed by atoms with van der Waals surface area (Å²) in [5.74, 6) is 0.625. The van der Waals surface area contributed by atoms with Gasteiger partial charge in [0.25, 0.3) is 0 Å². The van der Waals surface area contributed by atoms with Crippen molar-refractivity contribution in [1.29, 1.82) is 0 Å².